The molecule has 1 spiro atoms. The topological polar surface area (TPSA) is 45.7 Å². The predicted molar refractivity (Wildman–Crippen MR) is 106 cm³/mol. The second kappa shape index (κ2) is 6.76. The number of methoxy groups -OCH3 is 1. The van der Waals surface area contributed by atoms with Crippen molar-refractivity contribution >= 4 is 11.6 Å². The Labute approximate surface area is 165 Å². The minimum Gasteiger partial charge on any atom is -0.497 e. The highest BCUT2D eigenvalue weighted by Gasteiger charge is 2.55. The largest absolute Gasteiger partial charge is 0.497 e. The molecule has 1 atom stereocenters. The zero-order valence-corrected chi connectivity index (χ0v) is 16.6. The lowest BCUT2D eigenvalue weighted by Gasteiger charge is -2.35. The van der Waals surface area contributed by atoms with Gasteiger partial charge in [-0.3, -0.25) is 9.78 Å². The van der Waals surface area contributed by atoms with E-state index in [1.165, 1.54) is 6.07 Å². The maximum Gasteiger partial charge on any atom is 0.273 e. The number of pyridine rings is 1. The van der Waals surface area contributed by atoms with Crippen molar-refractivity contribution in [2.24, 2.45) is 0 Å². The summed E-state index contributed by atoms with van der Waals surface area (Å²) in [4.78, 5) is 21.8. The molecule has 2 fully saturated rings. The fraction of sp³-hybridized carbons (Fsp3) is 0.455. The monoisotopic (exact) mass is 383 g/mol. The van der Waals surface area contributed by atoms with E-state index in [2.05, 4.69) is 23.7 Å². The number of anilines is 1. The molecule has 1 unspecified atom stereocenters. The highest BCUT2D eigenvalue weighted by Crippen LogP contribution is 2.47. The Hall–Kier alpha value is -2.63. The van der Waals surface area contributed by atoms with Crippen molar-refractivity contribution in [3.63, 3.8) is 0 Å². The molecular weight excluding hydrogens is 357 g/mol. The van der Waals surface area contributed by atoms with Crippen LogP contribution in [0.2, 0.25) is 0 Å². The van der Waals surface area contributed by atoms with E-state index in [4.69, 9.17) is 4.74 Å². The lowest BCUT2D eigenvalue weighted by Crippen LogP contribution is -2.49. The number of likely N-dealkylation sites (tertiary alicyclic amines) is 1. The van der Waals surface area contributed by atoms with Crippen LogP contribution < -0.4 is 9.64 Å². The number of carbonyl (C=O) groups is 1. The van der Waals surface area contributed by atoms with Crippen LogP contribution in [0.4, 0.5) is 10.1 Å². The molecule has 2 aliphatic rings. The van der Waals surface area contributed by atoms with E-state index in [1.807, 2.05) is 11.0 Å². The average molecular weight is 383 g/mol. The van der Waals surface area contributed by atoms with Crippen molar-refractivity contribution in [2.75, 3.05) is 25.1 Å². The summed E-state index contributed by atoms with van der Waals surface area (Å²) < 4.78 is 19.1. The number of carbonyl (C=O) groups excluding carboxylic acids is 1. The van der Waals surface area contributed by atoms with Crippen LogP contribution in [0.5, 0.6) is 5.75 Å². The van der Waals surface area contributed by atoms with Gasteiger partial charge in [-0.2, -0.15) is 0 Å². The summed E-state index contributed by atoms with van der Waals surface area (Å²) in [5.41, 5.74) is 0.819. The Morgan fingerprint density at radius 3 is 2.82 bits per heavy atom. The third-order valence-electron chi connectivity index (χ3n) is 6.09. The van der Waals surface area contributed by atoms with Crippen LogP contribution in [-0.4, -0.2) is 47.1 Å². The van der Waals surface area contributed by atoms with E-state index >= 15 is 0 Å². The third kappa shape index (κ3) is 3.11. The van der Waals surface area contributed by atoms with Gasteiger partial charge in [0.25, 0.3) is 5.91 Å². The number of hydrogen-bond donors (Lipinski definition) is 0. The highest BCUT2D eigenvalue weighted by molar-refractivity contribution is 5.93. The molecule has 1 amide bonds. The maximum atomic E-state index is 13.8. The minimum atomic E-state index is -0.266. The Balaban J connectivity index is 1.66. The van der Waals surface area contributed by atoms with Crippen molar-refractivity contribution in [1.29, 1.82) is 0 Å². The Morgan fingerprint density at radius 1 is 1.25 bits per heavy atom. The zero-order valence-electron chi connectivity index (χ0n) is 16.6. The van der Waals surface area contributed by atoms with Gasteiger partial charge in [0.05, 0.1) is 12.6 Å². The first kappa shape index (κ1) is 18.7. The molecule has 0 radical (unpaired) electrons. The molecule has 2 aliphatic heterocycles. The van der Waals surface area contributed by atoms with Crippen LogP contribution in [-0.2, 0) is 0 Å². The minimum absolute atomic E-state index is 0.0618. The number of aromatic nitrogens is 1. The normalized spacial score (nSPS) is 23.4. The molecule has 4 rings (SSSR count). The lowest BCUT2D eigenvalue weighted by molar-refractivity contribution is 0.0611. The van der Waals surface area contributed by atoms with Gasteiger partial charge in [-0.25, -0.2) is 4.39 Å². The predicted octanol–water partition coefficient (Wildman–Crippen LogP) is 3.89. The lowest BCUT2D eigenvalue weighted by atomic mass is 9.87. The molecule has 28 heavy (non-hydrogen) atoms. The quantitative estimate of drug-likeness (QED) is 0.807. The van der Waals surface area contributed by atoms with E-state index in [0.29, 0.717) is 24.5 Å². The summed E-state index contributed by atoms with van der Waals surface area (Å²) in [7, 11) is 1.58. The second-order valence-corrected chi connectivity index (χ2v) is 8.42. The first-order chi connectivity index (χ1) is 13.3. The second-order valence-electron chi connectivity index (χ2n) is 8.42. The van der Waals surface area contributed by atoms with Crippen LogP contribution in [0.15, 0.2) is 42.6 Å². The summed E-state index contributed by atoms with van der Waals surface area (Å²) in [5, 5.41) is 0. The van der Waals surface area contributed by atoms with Crippen molar-refractivity contribution < 1.29 is 13.9 Å². The number of nitrogens with zero attached hydrogens (tertiary/aromatic N) is 3. The summed E-state index contributed by atoms with van der Waals surface area (Å²) in [6.45, 7) is 5.73. The summed E-state index contributed by atoms with van der Waals surface area (Å²) in [5.74, 6) is 0.321. The van der Waals surface area contributed by atoms with E-state index in [1.54, 1.807) is 37.6 Å². The summed E-state index contributed by atoms with van der Waals surface area (Å²) >= 11 is 0. The number of benzene rings is 1. The summed E-state index contributed by atoms with van der Waals surface area (Å²) in [6.07, 6.45) is 4.35. The molecule has 3 heterocycles. The zero-order chi connectivity index (χ0) is 19.9. The Bertz CT molecular complexity index is 901. The van der Waals surface area contributed by atoms with Gasteiger partial charge in [0.2, 0.25) is 0 Å². The van der Waals surface area contributed by atoms with Crippen LogP contribution in [0, 0.1) is 5.82 Å². The van der Waals surface area contributed by atoms with Gasteiger partial charge in [0, 0.05) is 36.6 Å². The van der Waals surface area contributed by atoms with Gasteiger partial charge in [0.1, 0.15) is 17.3 Å². The number of ether oxygens (including phenoxy) is 1. The molecule has 0 aliphatic carbocycles. The molecule has 1 aromatic heterocycles. The smallest absolute Gasteiger partial charge is 0.273 e. The van der Waals surface area contributed by atoms with Crippen LogP contribution in [0.25, 0.3) is 0 Å². The SMILES string of the molecule is COc1ccnc(C(=O)N2CCCC23CN(c2cccc(F)c2)C(C)(C)C3)c1. The van der Waals surface area contributed by atoms with Gasteiger partial charge in [-0.05, 0) is 57.4 Å². The summed E-state index contributed by atoms with van der Waals surface area (Å²) in [6, 6.07) is 10.1. The highest BCUT2D eigenvalue weighted by atomic mass is 19.1. The van der Waals surface area contributed by atoms with Crippen LogP contribution >= 0.6 is 0 Å². The van der Waals surface area contributed by atoms with E-state index < -0.39 is 0 Å². The maximum absolute atomic E-state index is 13.8. The van der Waals surface area contributed by atoms with E-state index in [9.17, 15) is 9.18 Å². The molecule has 2 saturated heterocycles. The van der Waals surface area contributed by atoms with Crippen molar-refractivity contribution in [2.45, 2.75) is 44.2 Å². The van der Waals surface area contributed by atoms with Gasteiger partial charge < -0.3 is 14.5 Å². The van der Waals surface area contributed by atoms with Gasteiger partial charge >= 0.3 is 0 Å². The van der Waals surface area contributed by atoms with Crippen molar-refractivity contribution in [3.05, 3.63) is 54.1 Å². The molecule has 0 N–H and O–H groups in total. The molecule has 5 nitrogen and oxygen atoms in total. The van der Waals surface area contributed by atoms with Gasteiger partial charge in [0.15, 0.2) is 0 Å². The molecular formula is C22H26FN3O2. The Kier molecular flexibility index (Phi) is 4.52. The Morgan fingerprint density at radius 2 is 2.07 bits per heavy atom. The first-order valence-corrected chi connectivity index (χ1v) is 9.70. The number of halogens is 1. The number of hydrogen-bond acceptors (Lipinski definition) is 4. The number of amides is 1. The first-order valence-electron chi connectivity index (χ1n) is 9.70. The third-order valence-corrected chi connectivity index (χ3v) is 6.09. The van der Waals surface area contributed by atoms with Crippen molar-refractivity contribution in [3.8, 4) is 5.75 Å². The average Bonchev–Trinajstić information content (AvgIpc) is 3.20. The number of rotatable bonds is 3. The fourth-order valence-corrected chi connectivity index (χ4v) is 4.95. The molecule has 1 aromatic carbocycles. The van der Waals surface area contributed by atoms with Crippen molar-refractivity contribution in [1.82, 2.24) is 9.88 Å². The molecule has 6 heteroatoms. The van der Waals surface area contributed by atoms with Crippen LogP contribution in [0.3, 0.4) is 0 Å². The molecule has 0 saturated carbocycles. The molecule has 2 aromatic rings. The fourth-order valence-electron chi connectivity index (χ4n) is 4.95. The van der Waals surface area contributed by atoms with Crippen LogP contribution in [0.1, 0.15) is 43.6 Å². The van der Waals surface area contributed by atoms with Gasteiger partial charge in [-0.1, -0.05) is 6.07 Å². The van der Waals surface area contributed by atoms with E-state index in [-0.39, 0.29) is 22.8 Å². The van der Waals surface area contributed by atoms with Gasteiger partial charge in [-0.15, -0.1) is 0 Å². The van der Waals surface area contributed by atoms with E-state index in [0.717, 1.165) is 24.9 Å². The standard InChI is InChI=1S/C22H26FN3O2/c1-21(2)14-22(15-26(21)17-7-4-6-16(23)12-17)9-5-11-25(22)20(27)19-13-18(28-3)8-10-24-19/h4,6-8,10,12-13H,5,9,11,14-15H2,1-3H3. The molecule has 0 bridgehead atoms. The molecule has 148 valence electrons.